The second kappa shape index (κ2) is 18.2. The van der Waals surface area contributed by atoms with E-state index in [1.54, 1.807) is 0 Å². The van der Waals surface area contributed by atoms with Gasteiger partial charge in [0.25, 0.3) is 0 Å². The minimum absolute atomic E-state index is 0.396. The van der Waals surface area contributed by atoms with E-state index in [0.717, 1.165) is 22.6 Å². The van der Waals surface area contributed by atoms with Crippen molar-refractivity contribution in [2.75, 3.05) is 0 Å². The standard InChI is InChI=1S/C29H43N2.C7H7.2ClH.Zr/c1-18(2)23-14-12-15-24(19(3)4)27(23)30-22(9)29(10,11)31-28-25(20(5)6)16-13-17-26(28)21(7)8;1-7-5-3-2-4-6-7;;;/h12-21H,1-11H3;2-6H,1H2;2*1H;/q2*-1;;;+4/p-2. The first kappa shape index (κ1) is 37.5. The van der Waals surface area contributed by atoms with Crippen LogP contribution in [-0.4, -0.2) is 11.3 Å². The number of nitrogens with zero attached hydrogens (tertiary/aromatic N) is 2. The number of halogens is 2. The summed E-state index contributed by atoms with van der Waals surface area (Å²) < 4.78 is 0. The summed E-state index contributed by atoms with van der Waals surface area (Å²) in [5.41, 5.74) is 9.27. The number of hydrogen-bond donors (Lipinski definition) is 0. The fourth-order valence-corrected chi connectivity index (χ4v) is 4.42. The van der Waals surface area contributed by atoms with Gasteiger partial charge in [-0.15, -0.1) is 17.8 Å². The normalized spacial score (nSPS) is 11.6. The molecule has 0 aromatic heterocycles. The molecule has 3 rings (SSSR count). The molecule has 5 heteroatoms. The van der Waals surface area contributed by atoms with Crippen molar-refractivity contribution >= 4 is 34.1 Å². The summed E-state index contributed by atoms with van der Waals surface area (Å²) in [4.78, 5) is 5.24. The Hall–Kier alpha value is -1.54. The van der Waals surface area contributed by atoms with Crippen molar-refractivity contribution in [2.24, 2.45) is 4.99 Å². The maximum atomic E-state index is 5.35. The topological polar surface area (TPSA) is 26.5 Å². The summed E-state index contributed by atoms with van der Waals surface area (Å²) in [5.74, 6) is 1.72. The summed E-state index contributed by atoms with van der Waals surface area (Å²) >= 11 is -0.826. The molecule has 0 spiro atoms. The van der Waals surface area contributed by atoms with Crippen LogP contribution in [0.5, 0.6) is 0 Å². The fraction of sp³-hybridized carbons (Fsp3) is 0.444. The van der Waals surface area contributed by atoms with E-state index in [0.29, 0.717) is 23.7 Å². The van der Waals surface area contributed by atoms with E-state index >= 15 is 0 Å². The van der Waals surface area contributed by atoms with Gasteiger partial charge in [-0.3, -0.25) is 4.99 Å². The third kappa shape index (κ3) is 11.9. The van der Waals surface area contributed by atoms with Crippen molar-refractivity contribution in [3.63, 3.8) is 0 Å². The molecule has 0 unspecified atom stereocenters. The zero-order valence-electron chi connectivity index (χ0n) is 27.0. The van der Waals surface area contributed by atoms with E-state index in [9.17, 15) is 0 Å². The van der Waals surface area contributed by atoms with Crippen LogP contribution in [0.3, 0.4) is 0 Å². The van der Waals surface area contributed by atoms with Crippen molar-refractivity contribution in [1.82, 2.24) is 0 Å². The van der Waals surface area contributed by atoms with Crippen LogP contribution in [-0.2, 0) is 20.8 Å². The van der Waals surface area contributed by atoms with Gasteiger partial charge in [0, 0.05) is 5.71 Å². The molecule has 0 aliphatic rings. The van der Waals surface area contributed by atoms with E-state index in [-0.39, 0.29) is 0 Å². The van der Waals surface area contributed by atoms with Gasteiger partial charge < -0.3 is 5.32 Å². The van der Waals surface area contributed by atoms with Crippen molar-refractivity contribution < 1.29 is 20.8 Å². The summed E-state index contributed by atoms with van der Waals surface area (Å²) in [6.45, 7) is 28.2. The Balaban J connectivity index is 0.000000709. The van der Waals surface area contributed by atoms with Crippen LogP contribution in [0, 0.1) is 6.92 Å². The molecule has 2 nitrogen and oxygen atoms in total. The molecule has 0 aliphatic heterocycles. The van der Waals surface area contributed by atoms with Crippen LogP contribution in [0.2, 0.25) is 0 Å². The Labute approximate surface area is 270 Å². The average Bonchev–Trinajstić information content (AvgIpc) is 2.89. The van der Waals surface area contributed by atoms with Crippen LogP contribution < -0.4 is 0 Å². The molecule has 0 heterocycles. The Bertz CT molecular complexity index is 1160. The second-order valence-electron chi connectivity index (χ2n) is 12.1. The molecule has 0 fully saturated rings. The third-order valence-electron chi connectivity index (χ3n) is 7.08. The molecule has 3 aromatic rings. The molecule has 0 saturated heterocycles. The Morgan fingerprint density at radius 2 is 1.05 bits per heavy atom. The Morgan fingerprint density at radius 3 is 1.37 bits per heavy atom. The first-order valence-corrected chi connectivity index (χ1v) is 20.9. The number of rotatable bonds is 8. The molecule has 0 bridgehead atoms. The molecule has 0 saturated carbocycles. The molecule has 0 N–H and O–H groups in total. The summed E-state index contributed by atoms with van der Waals surface area (Å²) in [6.07, 6.45) is 0. The predicted octanol–water partition coefficient (Wildman–Crippen LogP) is 13.0. The predicted molar refractivity (Wildman–Crippen MR) is 182 cm³/mol. The van der Waals surface area contributed by atoms with Gasteiger partial charge in [-0.1, -0.05) is 128 Å². The maximum absolute atomic E-state index is 5.35. The second-order valence-corrected chi connectivity index (χ2v) is 15.8. The molecule has 0 aliphatic carbocycles. The van der Waals surface area contributed by atoms with E-state index in [4.69, 9.17) is 27.3 Å². The van der Waals surface area contributed by atoms with Gasteiger partial charge >= 0.3 is 37.9 Å². The number of hydrogen-bond acceptors (Lipinski definition) is 1. The molecular formula is C36H50Cl2N2Zr. The third-order valence-corrected chi connectivity index (χ3v) is 7.08. The summed E-state index contributed by atoms with van der Waals surface area (Å²) in [6, 6.07) is 23.1. The molecule has 0 amide bonds. The summed E-state index contributed by atoms with van der Waals surface area (Å²) in [7, 11) is 9.87. The van der Waals surface area contributed by atoms with Crippen LogP contribution in [0.4, 0.5) is 11.4 Å². The molecule has 222 valence electrons. The molecule has 41 heavy (non-hydrogen) atoms. The van der Waals surface area contributed by atoms with Crippen molar-refractivity contribution in [2.45, 2.75) is 105 Å². The van der Waals surface area contributed by atoms with Gasteiger partial charge in [-0.05, 0) is 41.7 Å². The first-order chi connectivity index (χ1) is 19.2. The Morgan fingerprint density at radius 1 is 0.683 bits per heavy atom. The number of aliphatic imine (C=N–C) groups is 1. The Kier molecular flexibility index (Phi) is 16.6. The van der Waals surface area contributed by atoms with Crippen LogP contribution in [0.15, 0.2) is 71.7 Å². The average molecular weight is 673 g/mol. The molecule has 0 atom stereocenters. The monoisotopic (exact) mass is 670 g/mol. The van der Waals surface area contributed by atoms with Crippen LogP contribution in [0.1, 0.15) is 128 Å². The van der Waals surface area contributed by atoms with Crippen molar-refractivity contribution in [3.8, 4) is 0 Å². The van der Waals surface area contributed by atoms with Gasteiger partial charge in [0.15, 0.2) is 0 Å². The zero-order valence-corrected chi connectivity index (χ0v) is 31.0. The SMILES string of the molecule is CC(=Nc1c(C(C)C)cccc1C(C)C)C(C)(C)[N-]c1c(C(C)C)cccc1C(C)C.[CH2-]c1ccccc1.[Cl][Zr+2][Cl]. The first-order valence-electron chi connectivity index (χ1n) is 14.5. The van der Waals surface area contributed by atoms with Gasteiger partial charge in [0.05, 0.1) is 5.69 Å². The number of benzene rings is 3. The van der Waals surface area contributed by atoms with Gasteiger partial charge in [0.2, 0.25) is 0 Å². The van der Waals surface area contributed by atoms with Gasteiger partial charge in [-0.2, -0.15) is 24.6 Å². The van der Waals surface area contributed by atoms with Crippen molar-refractivity contribution in [3.05, 3.63) is 107 Å². The molecule has 3 aromatic carbocycles. The van der Waals surface area contributed by atoms with Crippen LogP contribution >= 0.6 is 17.0 Å². The van der Waals surface area contributed by atoms with E-state index < -0.39 is 26.4 Å². The van der Waals surface area contributed by atoms with Crippen molar-refractivity contribution in [1.29, 1.82) is 0 Å². The zero-order chi connectivity index (χ0) is 31.3. The van der Waals surface area contributed by atoms with E-state index in [2.05, 4.69) is 119 Å². The molecule has 0 radical (unpaired) electrons. The fourth-order valence-electron chi connectivity index (χ4n) is 4.42. The summed E-state index contributed by atoms with van der Waals surface area (Å²) in [5, 5.41) is 5.35. The number of para-hydroxylation sites is 2. The van der Waals surface area contributed by atoms with Crippen LogP contribution in [0.25, 0.3) is 5.32 Å². The van der Waals surface area contributed by atoms with Gasteiger partial charge in [0.1, 0.15) is 0 Å². The molecular weight excluding hydrogens is 623 g/mol. The quantitative estimate of drug-likeness (QED) is 0.168. The van der Waals surface area contributed by atoms with E-state index in [1.165, 1.54) is 22.3 Å². The van der Waals surface area contributed by atoms with Gasteiger partial charge in [-0.25, -0.2) is 0 Å². The minimum atomic E-state index is -0.826. The van der Waals surface area contributed by atoms with E-state index in [1.807, 2.05) is 30.3 Å².